The number of nitrogens with one attached hydrogen (secondary N) is 3. The number of aromatic nitrogens is 2. The van der Waals surface area contributed by atoms with Crippen molar-refractivity contribution in [2.75, 3.05) is 17.6 Å². The Hall–Kier alpha value is -3.22. The lowest BCUT2D eigenvalue weighted by Gasteiger charge is -2.10. The lowest BCUT2D eigenvalue weighted by molar-refractivity contribution is 1.15. The molecule has 0 aromatic carbocycles. The van der Waals surface area contributed by atoms with Crippen molar-refractivity contribution in [2.24, 2.45) is 5.73 Å². The van der Waals surface area contributed by atoms with Crippen LogP contribution in [0.3, 0.4) is 0 Å². The van der Waals surface area contributed by atoms with Crippen LogP contribution in [0.4, 0.5) is 11.5 Å². The van der Waals surface area contributed by atoms with E-state index in [4.69, 9.17) is 22.3 Å². The third-order valence-electron chi connectivity index (χ3n) is 3.20. The largest absolute Gasteiger partial charge is 0.404 e. The summed E-state index contributed by atoms with van der Waals surface area (Å²) in [6.07, 6.45) is 3.86. The SMILES string of the molecule is CCNc1cccc(C(=N)c2cc(/C(C=N)=C/N)ncc2N)n1. The fourth-order valence-corrected chi connectivity index (χ4v) is 2.04. The zero-order valence-corrected chi connectivity index (χ0v) is 12.8. The molecule has 0 atom stereocenters. The third kappa shape index (κ3) is 3.52. The Morgan fingerprint density at radius 3 is 2.78 bits per heavy atom. The van der Waals surface area contributed by atoms with Gasteiger partial charge in [0.1, 0.15) is 5.82 Å². The minimum absolute atomic E-state index is 0.187. The van der Waals surface area contributed by atoms with Crippen molar-refractivity contribution in [3.63, 3.8) is 0 Å². The topological polar surface area (TPSA) is 138 Å². The van der Waals surface area contributed by atoms with Crippen molar-refractivity contribution in [1.82, 2.24) is 9.97 Å². The van der Waals surface area contributed by atoms with Crippen LogP contribution in [0, 0.1) is 10.8 Å². The molecular formula is C16H19N7. The number of nitrogens with two attached hydrogens (primary N) is 2. The molecule has 0 saturated heterocycles. The average Bonchev–Trinajstić information content (AvgIpc) is 2.57. The maximum atomic E-state index is 8.39. The molecule has 0 spiro atoms. The summed E-state index contributed by atoms with van der Waals surface area (Å²) >= 11 is 0. The van der Waals surface area contributed by atoms with E-state index in [2.05, 4.69) is 15.3 Å². The average molecular weight is 309 g/mol. The number of pyridine rings is 2. The summed E-state index contributed by atoms with van der Waals surface area (Å²) < 4.78 is 0. The summed E-state index contributed by atoms with van der Waals surface area (Å²) in [4.78, 5) is 8.55. The van der Waals surface area contributed by atoms with Gasteiger partial charge in [0.25, 0.3) is 0 Å². The van der Waals surface area contributed by atoms with Gasteiger partial charge in [-0.2, -0.15) is 0 Å². The molecule has 0 unspecified atom stereocenters. The van der Waals surface area contributed by atoms with Crippen molar-refractivity contribution >= 4 is 29.0 Å². The van der Waals surface area contributed by atoms with Gasteiger partial charge in [-0.05, 0) is 25.1 Å². The molecule has 2 rings (SSSR count). The molecule has 118 valence electrons. The number of anilines is 2. The van der Waals surface area contributed by atoms with Crippen molar-refractivity contribution < 1.29 is 0 Å². The summed E-state index contributed by atoms with van der Waals surface area (Å²) in [6, 6.07) is 7.06. The van der Waals surface area contributed by atoms with E-state index in [-0.39, 0.29) is 5.71 Å². The first-order chi connectivity index (χ1) is 11.1. The molecule has 0 amide bonds. The maximum absolute atomic E-state index is 8.39. The molecule has 0 aliphatic carbocycles. The molecule has 0 aliphatic rings. The Morgan fingerprint density at radius 2 is 2.13 bits per heavy atom. The highest BCUT2D eigenvalue weighted by Gasteiger charge is 2.13. The standard InChI is InChI=1S/C16H19N7/c1-2-21-15-5-3-4-13(23-15)16(20)11-6-14(10(7-17)8-18)22-9-12(11)19/h3-9,17,20H,2,18-19H2,1H3,(H,21,23)/b10-8+,17-7?,20-16?. The first-order valence-electron chi connectivity index (χ1n) is 7.09. The molecule has 0 fully saturated rings. The minimum Gasteiger partial charge on any atom is -0.404 e. The summed E-state index contributed by atoms with van der Waals surface area (Å²) in [5, 5.41) is 18.8. The molecule has 0 saturated carbocycles. The Bertz CT molecular complexity index is 765. The zero-order chi connectivity index (χ0) is 16.8. The Balaban J connectivity index is 2.44. The molecule has 7 heteroatoms. The summed E-state index contributed by atoms with van der Waals surface area (Å²) in [5.74, 6) is 0.699. The molecule has 0 aliphatic heterocycles. The van der Waals surface area contributed by atoms with Gasteiger partial charge in [0.15, 0.2) is 0 Å². The number of rotatable bonds is 6. The quantitative estimate of drug-likeness (QED) is 0.518. The second-order valence-electron chi connectivity index (χ2n) is 4.74. The highest BCUT2D eigenvalue weighted by atomic mass is 15.0. The number of hydrogen-bond donors (Lipinski definition) is 5. The molecular weight excluding hydrogens is 290 g/mol. The Morgan fingerprint density at radius 1 is 1.35 bits per heavy atom. The monoisotopic (exact) mass is 309 g/mol. The van der Waals surface area contributed by atoms with E-state index in [0.29, 0.717) is 34.0 Å². The van der Waals surface area contributed by atoms with E-state index in [9.17, 15) is 0 Å². The van der Waals surface area contributed by atoms with Gasteiger partial charge >= 0.3 is 0 Å². The van der Waals surface area contributed by atoms with E-state index in [1.165, 1.54) is 12.4 Å². The van der Waals surface area contributed by atoms with Crippen LogP contribution in [-0.2, 0) is 0 Å². The van der Waals surface area contributed by atoms with Gasteiger partial charge in [0, 0.05) is 30.1 Å². The van der Waals surface area contributed by atoms with Gasteiger partial charge < -0.3 is 22.2 Å². The number of hydrogen-bond acceptors (Lipinski definition) is 7. The molecule has 23 heavy (non-hydrogen) atoms. The lowest BCUT2D eigenvalue weighted by Crippen LogP contribution is -2.11. The number of allylic oxidation sites excluding steroid dienone is 1. The second-order valence-corrected chi connectivity index (χ2v) is 4.74. The fourth-order valence-electron chi connectivity index (χ4n) is 2.04. The van der Waals surface area contributed by atoms with Crippen molar-refractivity contribution in [3.8, 4) is 0 Å². The van der Waals surface area contributed by atoms with Crippen LogP contribution in [0.15, 0.2) is 36.7 Å². The van der Waals surface area contributed by atoms with Crippen LogP contribution >= 0.6 is 0 Å². The van der Waals surface area contributed by atoms with E-state index < -0.39 is 0 Å². The predicted octanol–water partition coefficient (Wildman–Crippen LogP) is 1.86. The minimum atomic E-state index is 0.187. The summed E-state index contributed by atoms with van der Waals surface area (Å²) in [6.45, 7) is 2.72. The third-order valence-corrected chi connectivity index (χ3v) is 3.20. The van der Waals surface area contributed by atoms with Crippen LogP contribution in [0.25, 0.3) is 5.57 Å². The van der Waals surface area contributed by atoms with Crippen molar-refractivity contribution in [2.45, 2.75) is 6.92 Å². The Labute approximate surface area is 134 Å². The van der Waals surface area contributed by atoms with Gasteiger partial charge in [-0.25, -0.2) is 4.98 Å². The van der Waals surface area contributed by atoms with Gasteiger partial charge in [-0.15, -0.1) is 0 Å². The molecule has 2 aromatic heterocycles. The van der Waals surface area contributed by atoms with Gasteiger partial charge in [0.2, 0.25) is 0 Å². The van der Waals surface area contributed by atoms with Crippen molar-refractivity contribution in [3.05, 3.63) is 53.6 Å². The van der Waals surface area contributed by atoms with Crippen LogP contribution in [0.5, 0.6) is 0 Å². The molecule has 7 nitrogen and oxygen atoms in total. The van der Waals surface area contributed by atoms with Gasteiger partial charge in [-0.3, -0.25) is 10.4 Å². The van der Waals surface area contributed by atoms with Crippen LogP contribution in [-0.4, -0.2) is 28.4 Å². The van der Waals surface area contributed by atoms with Crippen molar-refractivity contribution in [1.29, 1.82) is 10.8 Å². The number of nitrogen functional groups attached to an aromatic ring is 1. The van der Waals surface area contributed by atoms with E-state index in [1.54, 1.807) is 12.1 Å². The van der Waals surface area contributed by atoms with Gasteiger partial charge in [-0.1, -0.05) is 6.07 Å². The maximum Gasteiger partial charge on any atom is 0.126 e. The zero-order valence-electron chi connectivity index (χ0n) is 12.8. The first kappa shape index (κ1) is 16.2. The van der Waals surface area contributed by atoms with E-state index in [0.717, 1.165) is 12.8 Å². The molecule has 0 radical (unpaired) electrons. The van der Waals surface area contributed by atoms with Gasteiger partial charge in [0.05, 0.1) is 29.0 Å². The molecule has 7 N–H and O–H groups in total. The molecule has 2 heterocycles. The van der Waals surface area contributed by atoms with Crippen LogP contribution in [0.1, 0.15) is 23.9 Å². The van der Waals surface area contributed by atoms with Crippen LogP contribution < -0.4 is 16.8 Å². The van der Waals surface area contributed by atoms with E-state index >= 15 is 0 Å². The fraction of sp³-hybridized carbons (Fsp3) is 0.125. The number of nitrogens with zero attached hydrogens (tertiary/aromatic N) is 2. The normalized spacial score (nSPS) is 11.1. The summed E-state index contributed by atoms with van der Waals surface area (Å²) in [5.41, 5.74) is 13.9. The van der Waals surface area contributed by atoms with E-state index in [1.807, 2.05) is 19.1 Å². The Kier molecular flexibility index (Phi) is 5.03. The lowest BCUT2D eigenvalue weighted by atomic mass is 10.0. The highest BCUT2D eigenvalue weighted by molar-refractivity contribution is 6.14. The predicted molar refractivity (Wildman–Crippen MR) is 93.9 cm³/mol. The first-order valence-corrected chi connectivity index (χ1v) is 7.09. The van der Waals surface area contributed by atoms with Crippen LogP contribution in [0.2, 0.25) is 0 Å². The second kappa shape index (κ2) is 7.17. The summed E-state index contributed by atoms with van der Waals surface area (Å²) in [7, 11) is 0. The molecule has 0 bridgehead atoms. The smallest absolute Gasteiger partial charge is 0.126 e. The molecule has 2 aromatic rings. The highest BCUT2D eigenvalue weighted by Crippen LogP contribution is 2.19.